The van der Waals surface area contributed by atoms with Gasteiger partial charge >= 0.3 is 17.9 Å². The minimum absolute atomic E-state index is 0.000661. The lowest BCUT2D eigenvalue weighted by molar-refractivity contribution is -0.148. The fraction of sp³-hybridized carbons (Fsp3) is 0.646. The van der Waals surface area contributed by atoms with Crippen molar-refractivity contribution in [2.45, 2.75) is 324 Å². The summed E-state index contributed by atoms with van der Waals surface area (Å²) in [5, 5.41) is 85.8. The van der Waals surface area contributed by atoms with Gasteiger partial charge in [-0.15, -0.1) is 5.10 Å². The van der Waals surface area contributed by atoms with Crippen LogP contribution in [0.15, 0.2) is 64.0 Å². The number of H-pyrrole nitrogens is 2. The molecule has 820 valence electrons. The number of ketones is 1. The van der Waals surface area contributed by atoms with Gasteiger partial charge in [-0.2, -0.15) is 0 Å². The highest BCUT2D eigenvalue weighted by Crippen LogP contribution is 2.29. The first-order valence-corrected chi connectivity index (χ1v) is 51.9. The van der Waals surface area contributed by atoms with Crippen molar-refractivity contribution in [1.29, 1.82) is 5.41 Å². The van der Waals surface area contributed by atoms with Gasteiger partial charge in [-0.1, -0.05) is 107 Å². The van der Waals surface area contributed by atoms with Gasteiger partial charge in [0, 0.05) is 145 Å². The predicted octanol–water partition coefficient (Wildman–Crippen LogP) is 0.130. The van der Waals surface area contributed by atoms with E-state index in [1.54, 1.807) is 48.8 Å². The predicted molar refractivity (Wildman–Crippen MR) is 542 cm³/mol. The van der Waals surface area contributed by atoms with E-state index in [9.17, 15) is 82.4 Å². The Hall–Kier alpha value is -14.1. The van der Waals surface area contributed by atoms with Crippen LogP contribution in [-0.4, -0.2) is 338 Å². The van der Waals surface area contributed by atoms with Crippen LogP contribution in [0.2, 0.25) is 0 Å². The van der Waals surface area contributed by atoms with Crippen LogP contribution in [0, 0.1) is 5.41 Å². The van der Waals surface area contributed by atoms with Crippen LogP contribution in [0.1, 0.15) is 256 Å². The highest BCUT2D eigenvalue weighted by Gasteiger charge is 2.46. The summed E-state index contributed by atoms with van der Waals surface area (Å²) in [6.07, 6.45) is 22.6. The van der Waals surface area contributed by atoms with E-state index >= 15 is 24.0 Å². The summed E-state index contributed by atoms with van der Waals surface area (Å²) in [7, 11) is 0. The Morgan fingerprint density at radius 2 is 1.15 bits per heavy atom. The maximum Gasteiger partial charge on any atom is 0.317 e. The molecule has 0 radical (unpaired) electrons. The number of Topliss-reactive ketones (excluding diaryl/α,β-unsaturated/α-hetero) is 1. The lowest BCUT2D eigenvalue weighted by Crippen LogP contribution is -2.60. The van der Waals surface area contributed by atoms with Crippen molar-refractivity contribution in [1.82, 2.24) is 109 Å². The van der Waals surface area contributed by atoms with Gasteiger partial charge in [-0.3, -0.25) is 111 Å². The number of aromatic nitrogens is 5. The molecular weight excluding hydrogens is 1940 g/mol. The standard InChI is InChI=1S/C99H150N26O24/c1-63(126)110-71-34-17-15-30-67(127)57-78(118-94(143)75(54-64-58-108-69-32-18-16-31-68(64)69)115-91(140)72(36-25-46-107-99(101)102)111-83(129)59-109-89(138)76(116-90(71)139)55-65-28-23-44-103-65)97(146)125-50-27-38-80(125)98(147)124-49-26-37-79(124)96(145)117-77(56-66-29-24-45-104-66)95(144)114-74(41-42-85(131)132)93(142)113-73(35-20-22-48-123(60-86(133)134)61-87(135)136)92(141)112-70(88(100)137)33-19-21-43-105-84(130)62-149-53-52-148-51-47-106-82(128)40-14-12-10-8-6-4-2-3-5-7-9-11-13-39-81-119-121-122-120-81/h16,18,28-29,31-32,44-45,58,70-80,108H,2-15,17,19-27,30,33-43,46-57,59-62H2,1H3,(H2,100,137)(H,105,130)(H,106,128)(H,109,138)(H,110,126)(H,111,129)(H,112,141)(H,113,142)(H,114,144)(H,115,140)(H,116,139)(H,117,145)(H,118,143)(H,131,132)(H,133,134)(H,135,136)(H4,101,102,107)(H,119,120,121,122)/t70-,71-,72-,73-,74-,75-,76-,77-,78-,79-,80-/m0/s1. The van der Waals surface area contributed by atoms with E-state index in [-0.39, 0.29) is 187 Å². The summed E-state index contributed by atoms with van der Waals surface area (Å²) in [6.45, 7) is -0.573. The highest BCUT2D eigenvalue weighted by atomic mass is 16.5. The Labute approximate surface area is 864 Å². The van der Waals surface area contributed by atoms with Crippen LogP contribution in [-0.2, 0) is 113 Å². The Morgan fingerprint density at radius 3 is 1.81 bits per heavy atom. The second-order valence-electron chi connectivity index (χ2n) is 38.0. The quantitative estimate of drug-likeness (QED) is 0.0203. The van der Waals surface area contributed by atoms with Crippen molar-refractivity contribution in [3.63, 3.8) is 0 Å². The van der Waals surface area contributed by atoms with E-state index in [4.69, 9.17) is 26.4 Å². The Bertz CT molecular complexity index is 5090. The van der Waals surface area contributed by atoms with E-state index in [0.29, 0.717) is 53.7 Å². The first-order valence-electron chi connectivity index (χ1n) is 51.9. The number of tetrazole rings is 1. The Balaban J connectivity index is 0.897. The second-order valence-corrected chi connectivity index (χ2v) is 38.0. The summed E-state index contributed by atoms with van der Waals surface area (Å²) in [6, 6.07) is -9.53. The number of carboxylic acid groups (broad SMARTS) is 3. The maximum atomic E-state index is 15.7. The monoisotopic (exact) mass is 2090 g/mol. The zero-order chi connectivity index (χ0) is 108. The number of ether oxygens (including phenoxy) is 2. The average molecular weight is 2090 g/mol. The number of amides is 15. The van der Waals surface area contributed by atoms with Gasteiger partial charge in [-0.25, -0.2) is 5.10 Å². The highest BCUT2D eigenvalue weighted by molar-refractivity contribution is 6.02. The van der Waals surface area contributed by atoms with Crippen molar-refractivity contribution < 1.29 is 116 Å². The smallest absolute Gasteiger partial charge is 0.317 e. The first-order chi connectivity index (χ1) is 71.7. The number of primary amides is 1. The number of hydrogen-bond acceptors (Lipinski definition) is 28. The molecule has 2 aromatic heterocycles. The number of unbranched alkanes of at least 4 members (excludes halogenated alkanes) is 14. The molecule has 50 nitrogen and oxygen atoms in total. The van der Waals surface area contributed by atoms with E-state index in [1.165, 1.54) is 74.3 Å². The van der Waals surface area contributed by atoms with E-state index in [0.717, 1.165) is 49.2 Å². The third kappa shape index (κ3) is 45.3. The zero-order valence-corrected chi connectivity index (χ0v) is 85.0. The normalized spacial score (nSPS) is 19.3. The van der Waals surface area contributed by atoms with Crippen LogP contribution in [0.3, 0.4) is 0 Å². The van der Waals surface area contributed by atoms with Gasteiger partial charge in [0.2, 0.25) is 88.6 Å². The average Bonchev–Trinajstić information content (AvgIpc) is 1.65. The third-order valence-corrected chi connectivity index (χ3v) is 26.0. The number of hydrogen-bond donors (Lipinski definition) is 21. The maximum absolute atomic E-state index is 15.7. The molecule has 8 rings (SSSR count). The SMILES string of the molecule is CC(=O)N[C@H]1CCCCC(=O)C[C@@H](C(=O)N2CCC[C@H]2C(=O)N2CCC[C@H]2C(=O)N[C@@H](CC2=CCC=N2)C(=O)N[C@@H](CCC(=O)O)C(=O)N[C@@H](CCCCN(CC(=O)O)CC(=O)O)C(=O)N[C@@H](CCCCNC(=O)COCCOCCNC(=O)CCCCCCCCCCCCCCCc2nnn[nH]2)C(N)=O)NC(=O)[C@H](Cc2c[nH]c3ccccc23)NC(=O)[C@H](CCCNC(=N)N)NC(=O)CNC(=O)[C@H](CC2=CCC=N2)NC1=O. The van der Waals surface area contributed by atoms with Gasteiger partial charge in [0.25, 0.3) is 0 Å². The van der Waals surface area contributed by atoms with Crippen molar-refractivity contribution >= 4 is 142 Å². The number of rotatable bonds is 63. The number of carbonyl (C=O) groups is 19. The van der Waals surface area contributed by atoms with Gasteiger partial charge in [0.15, 0.2) is 5.96 Å². The van der Waals surface area contributed by atoms with Crippen LogP contribution < -0.4 is 80.6 Å². The number of nitrogens with two attached hydrogens (primary N) is 2. The summed E-state index contributed by atoms with van der Waals surface area (Å²) in [5.74, 6) is -16.5. The topological polar surface area (TPSA) is 740 Å². The molecule has 23 N–H and O–H groups in total. The fourth-order valence-electron chi connectivity index (χ4n) is 18.3. The number of benzene rings is 1. The largest absolute Gasteiger partial charge is 0.481 e. The molecule has 3 saturated heterocycles. The minimum atomic E-state index is -1.80. The molecule has 0 unspecified atom stereocenters. The van der Waals surface area contributed by atoms with Gasteiger partial charge in [-0.05, 0) is 138 Å². The number of carbonyl (C=O) groups excluding carboxylic acids is 16. The number of aryl methyl sites for hydroxylation is 1. The van der Waals surface area contributed by atoms with Crippen molar-refractivity contribution in [3.05, 3.63) is 65.4 Å². The molecule has 0 saturated carbocycles. The number of nitrogens with zero attached hydrogens (tertiary/aromatic N) is 8. The number of nitrogens with one attached hydrogen (secondary N) is 16. The number of fused-ring (bicyclic) bond motifs is 1. The minimum Gasteiger partial charge on any atom is -0.481 e. The molecule has 5 aliphatic rings. The number of aliphatic carboxylic acids is 3. The second kappa shape index (κ2) is 66.3. The van der Waals surface area contributed by atoms with Crippen molar-refractivity contribution in [2.75, 3.05) is 85.3 Å². The Morgan fingerprint density at radius 1 is 0.557 bits per heavy atom. The third-order valence-electron chi connectivity index (χ3n) is 26.0. The summed E-state index contributed by atoms with van der Waals surface area (Å²) in [4.78, 5) is 279. The molecule has 149 heavy (non-hydrogen) atoms. The van der Waals surface area contributed by atoms with Crippen molar-refractivity contribution in [2.24, 2.45) is 21.5 Å². The first kappa shape index (κ1) is 120. The lowest BCUT2D eigenvalue weighted by atomic mass is 9.99. The van der Waals surface area contributed by atoms with Crippen LogP contribution >= 0.6 is 0 Å². The van der Waals surface area contributed by atoms with Crippen molar-refractivity contribution in [3.8, 4) is 0 Å². The number of aromatic amines is 2. The van der Waals surface area contributed by atoms with E-state index < -0.39 is 218 Å². The molecule has 3 fully saturated rings. The number of guanidine groups is 1. The molecule has 0 spiro atoms. The lowest BCUT2D eigenvalue weighted by Gasteiger charge is -2.33. The molecule has 15 amide bonds. The fourth-order valence-corrected chi connectivity index (χ4v) is 18.3. The number of likely N-dealkylation sites (tertiary alicyclic amines) is 2. The molecule has 0 aliphatic carbocycles. The number of carboxylic acids is 3. The van der Waals surface area contributed by atoms with E-state index in [2.05, 4.69) is 105 Å². The van der Waals surface area contributed by atoms with Gasteiger partial charge in [0.05, 0.1) is 39.5 Å². The summed E-state index contributed by atoms with van der Waals surface area (Å²) in [5.41, 5.74) is 13.3. The molecule has 7 heterocycles. The number of aliphatic imine (C=N–C) groups is 2. The number of para-hydroxylation sites is 1. The molecule has 1 aromatic carbocycles. The number of allylic oxidation sites excluding steroid dienone is 2. The van der Waals surface area contributed by atoms with Crippen LogP contribution in [0.25, 0.3) is 10.9 Å². The zero-order valence-electron chi connectivity index (χ0n) is 85.0. The molecule has 50 heteroatoms. The molecule has 5 aliphatic heterocycles. The molecule has 11 atom stereocenters. The molecule has 3 aromatic rings. The van der Waals surface area contributed by atoms with E-state index in [1.807, 2.05) is 0 Å². The summed E-state index contributed by atoms with van der Waals surface area (Å²) >= 11 is 0. The summed E-state index contributed by atoms with van der Waals surface area (Å²) < 4.78 is 11.0. The van der Waals surface area contributed by atoms with Gasteiger partial charge in [0.1, 0.15) is 84.7 Å². The van der Waals surface area contributed by atoms with Crippen LogP contribution in [0.4, 0.5) is 0 Å². The van der Waals surface area contributed by atoms with Gasteiger partial charge < -0.3 is 120 Å². The molecular formula is C99H150N26O24. The Kier molecular flexibility index (Phi) is 53.5. The van der Waals surface area contributed by atoms with Crippen LogP contribution in [0.5, 0.6) is 0 Å². The molecule has 0 bridgehead atoms.